The zero-order valence-electron chi connectivity index (χ0n) is 18.3. The lowest BCUT2D eigenvalue weighted by Crippen LogP contribution is -2.45. The highest BCUT2D eigenvalue weighted by Gasteiger charge is 2.52. The summed E-state index contributed by atoms with van der Waals surface area (Å²) in [6, 6.07) is 7.00. The second-order valence-corrected chi connectivity index (χ2v) is 8.34. The van der Waals surface area contributed by atoms with E-state index < -0.39 is 63.4 Å². The maximum atomic E-state index is 14.7. The second kappa shape index (κ2) is 9.08. The lowest BCUT2D eigenvalue weighted by atomic mass is 10.0. The number of guanidine groups is 1. The predicted molar refractivity (Wildman–Crippen MR) is 116 cm³/mol. The normalized spacial score (nSPS) is 17.5. The van der Waals surface area contributed by atoms with E-state index in [1.165, 1.54) is 33.0 Å². The fraction of sp³-hybridized carbons (Fsp3) is 0.238. The van der Waals surface area contributed by atoms with Gasteiger partial charge in [0.15, 0.2) is 0 Å². The molecule has 1 atom stereocenters. The van der Waals surface area contributed by atoms with Crippen molar-refractivity contribution < 1.29 is 35.9 Å². The van der Waals surface area contributed by atoms with Gasteiger partial charge in [0, 0.05) is 12.7 Å². The summed E-state index contributed by atoms with van der Waals surface area (Å²) in [6.45, 7) is 2.66. The van der Waals surface area contributed by atoms with Gasteiger partial charge in [-0.05, 0) is 50.2 Å². The first kappa shape index (κ1) is 25.8. The molecule has 2 aromatic rings. The van der Waals surface area contributed by atoms with Gasteiger partial charge < -0.3 is 9.87 Å². The van der Waals surface area contributed by atoms with Crippen LogP contribution < -0.4 is 15.1 Å². The van der Waals surface area contributed by atoms with Gasteiger partial charge in [-0.3, -0.25) is 14.5 Å². The third kappa shape index (κ3) is 4.60. The van der Waals surface area contributed by atoms with Gasteiger partial charge in [-0.2, -0.15) is 22.8 Å². The molecule has 1 fully saturated rings. The van der Waals surface area contributed by atoms with Crippen molar-refractivity contribution in [2.75, 3.05) is 16.8 Å². The number of halogens is 4. The van der Waals surface area contributed by atoms with Gasteiger partial charge in [-0.25, -0.2) is 13.5 Å². The van der Waals surface area contributed by atoms with Crippen molar-refractivity contribution in [2.24, 2.45) is 4.40 Å². The van der Waals surface area contributed by atoms with Gasteiger partial charge in [0.2, 0.25) is 5.96 Å². The van der Waals surface area contributed by atoms with Crippen LogP contribution in [-0.4, -0.2) is 39.1 Å². The van der Waals surface area contributed by atoms with E-state index in [4.69, 9.17) is 5.26 Å². The molecule has 9 nitrogen and oxygen atoms in total. The number of carbonyl (C=O) groups is 2. The first-order valence-electron chi connectivity index (χ1n) is 9.70. The Hall–Kier alpha value is -3.83. The molecule has 1 heterocycles. The fourth-order valence-corrected chi connectivity index (χ4v) is 3.89. The minimum atomic E-state index is -4.95. The summed E-state index contributed by atoms with van der Waals surface area (Å²) >= 11 is -3.17. The molecule has 1 N–H and O–H groups in total. The molecule has 2 amide bonds. The third-order valence-corrected chi connectivity index (χ3v) is 5.52. The fourth-order valence-electron chi connectivity index (χ4n) is 3.59. The van der Waals surface area contributed by atoms with Crippen molar-refractivity contribution in [3.63, 3.8) is 0 Å². The lowest BCUT2D eigenvalue weighted by Gasteiger charge is -2.30. The van der Waals surface area contributed by atoms with Crippen molar-refractivity contribution in [3.8, 4) is 6.07 Å². The van der Waals surface area contributed by atoms with Crippen molar-refractivity contribution in [3.05, 3.63) is 58.9 Å². The van der Waals surface area contributed by atoms with Crippen LogP contribution in [0, 0.1) is 17.1 Å². The Morgan fingerprint density at radius 1 is 1.20 bits per heavy atom. The Labute approximate surface area is 199 Å². The number of hydrogen-bond donors (Lipinski definition) is 1. The molecule has 35 heavy (non-hydrogen) atoms. The molecule has 14 heteroatoms. The van der Waals surface area contributed by atoms with Crippen LogP contribution in [0.25, 0.3) is 0 Å². The minimum Gasteiger partial charge on any atom is -0.754 e. The summed E-state index contributed by atoms with van der Waals surface area (Å²) in [5, 5.41) is 11.3. The lowest BCUT2D eigenvalue weighted by molar-refractivity contribution is -0.137. The molecular formula is C21H16F4N5O4S-. The molecule has 3 rings (SSSR count). The number of benzene rings is 2. The molecule has 1 saturated heterocycles. The molecule has 0 radical (unpaired) electrons. The summed E-state index contributed by atoms with van der Waals surface area (Å²) in [4.78, 5) is 26.8. The maximum absolute atomic E-state index is 14.7. The number of amides is 2. The highest BCUT2D eigenvalue weighted by atomic mass is 32.2. The van der Waals surface area contributed by atoms with Gasteiger partial charge >= 0.3 is 6.18 Å². The van der Waals surface area contributed by atoms with Gasteiger partial charge in [0.05, 0.1) is 39.7 Å². The monoisotopic (exact) mass is 510 g/mol. The van der Waals surface area contributed by atoms with Crippen LogP contribution in [0.5, 0.6) is 0 Å². The number of carbonyl (C=O) groups excluding carboxylic acids is 2. The molecule has 2 aromatic carbocycles. The number of rotatable bonds is 4. The van der Waals surface area contributed by atoms with Crippen LogP contribution in [0.1, 0.15) is 35.3 Å². The summed E-state index contributed by atoms with van der Waals surface area (Å²) in [7, 11) is 1.29. The van der Waals surface area contributed by atoms with Crippen LogP contribution in [0.2, 0.25) is 0 Å². The number of nitrogens with one attached hydrogen (secondary N) is 1. The largest absolute Gasteiger partial charge is 0.754 e. The number of nitrogens with zero attached hydrogens (tertiary/aromatic N) is 4. The quantitative estimate of drug-likeness (QED) is 0.498. The SMILES string of the molecule is CNC(=O)c1ccc(N2C(=NS(=O)[O-])N(c3ccc(C#N)c(C(F)(F)F)c3)C(=O)C2(C)C)cc1F. The molecule has 0 spiro atoms. The highest BCUT2D eigenvalue weighted by molar-refractivity contribution is 7.77. The van der Waals surface area contributed by atoms with E-state index in [9.17, 15) is 35.9 Å². The van der Waals surface area contributed by atoms with Gasteiger partial charge in [0.1, 0.15) is 11.4 Å². The summed E-state index contributed by atoms with van der Waals surface area (Å²) in [5.74, 6) is -3.24. The standard InChI is InChI=1S/C21H17F4N5O4S/c1-20(2)18(32)29(12-5-4-11(10-26)15(8-12)21(23,24)25)19(28-35(33)34)30(20)13-6-7-14(16(22)9-13)17(31)27-3/h4-9H,1-3H3,(H,27,31)(H,33,34)/p-1. The molecule has 0 bridgehead atoms. The van der Waals surface area contributed by atoms with Crippen molar-refractivity contribution in [2.45, 2.75) is 25.6 Å². The Morgan fingerprint density at radius 3 is 2.34 bits per heavy atom. The molecular weight excluding hydrogens is 494 g/mol. The molecule has 0 saturated carbocycles. The van der Waals surface area contributed by atoms with Crippen LogP contribution in [-0.2, 0) is 22.2 Å². The molecule has 0 aromatic heterocycles. The Bertz CT molecular complexity index is 1320. The number of nitriles is 1. The Balaban J connectivity index is 2.24. The van der Waals surface area contributed by atoms with Crippen LogP contribution in [0.15, 0.2) is 40.8 Å². The van der Waals surface area contributed by atoms with Crippen molar-refractivity contribution in [1.29, 1.82) is 5.26 Å². The minimum absolute atomic E-state index is 0.0927. The van der Waals surface area contributed by atoms with Gasteiger partial charge in [-0.1, -0.05) is 0 Å². The average molecular weight is 510 g/mol. The predicted octanol–water partition coefficient (Wildman–Crippen LogP) is 2.86. The summed E-state index contributed by atoms with van der Waals surface area (Å²) in [6.07, 6.45) is -4.95. The Kier molecular flexibility index (Phi) is 6.69. The maximum Gasteiger partial charge on any atom is 0.417 e. The second-order valence-electron chi connectivity index (χ2n) is 7.73. The Morgan fingerprint density at radius 2 is 1.83 bits per heavy atom. The summed E-state index contributed by atoms with van der Waals surface area (Å²) in [5.41, 5.74) is -4.53. The van der Waals surface area contributed by atoms with E-state index in [1.54, 1.807) is 0 Å². The van der Waals surface area contributed by atoms with Crippen LogP contribution >= 0.6 is 0 Å². The van der Waals surface area contributed by atoms with Crippen LogP contribution in [0.3, 0.4) is 0 Å². The van der Waals surface area contributed by atoms with Crippen molar-refractivity contribution >= 4 is 40.4 Å². The van der Waals surface area contributed by atoms with Gasteiger partial charge in [-0.15, -0.1) is 0 Å². The number of hydrogen-bond acceptors (Lipinski definition) is 5. The molecule has 1 unspecified atom stereocenters. The number of anilines is 2. The number of alkyl halides is 3. The zero-order chi connectivity index (χ0) is 26.3. The van der Waals surface area contributed by atoms with E-state index in [0.29, 0.717) is 11.0 Å². The highest BCUT2D eigenvalue weighted by Crippen LogP contribution is 2.40. The van der Waals surface area contributed by atoms with E-state index in [-0.39, 0.29) is 11.3 Å². The van der Waals surface area contributed by atoms with E-state index >= 15 is 0 Å². The van der Waals surface area contributed by atoms with E-state index in [0.717, 1.165) is 29.2 Å². The van der Waals surface area contributed by atoms with Gasteiger partial charge in [0.25, 0.3) is 11.8 Å². The zero-order valence-corrected chi connectivity index (χ0v) is 19.1. The van der Waals surface area contributed by atoms with Crippen molar-refractivity contribution in [1.82, 2.24) is 5.32 Å². The smallest absolute Gasteiger partial charge is 0.417 e. The van der Waals surface area contributed by atoms with E-state index in [1.807, 2.05) is 0 Å². The molecule has 1 aliphatic heterocycles. The molecule has 184 valence electrons. The first-order chi connectivity index (χ1) is 16.2. The average Bonchev–Trinajstić information content (AvgIpc) is 2.96. The topological polar surface area (TPSA) is 129 Å². The molecule has 1 aliphatic rings. The summed E-state index contributed by atoms with van der Waals surface area (Å²) < 4.78 is 81.6. The van der Waals surface area contributed by atoms with Crippen LogP contribution in [0.4, 0.5) is 28.9 Å². The first-order valence-corrected chi connectivity index (χ1v) is 10.7. The van der Waals surface area contributed by atoms with E-state index in [2.05, 4.69) is 9.71 Å². The molecule has 0 aliphatic carbocycles. The third-order valence-electron chi connectivity index (χ3n) is 5.21.